The van der Waals surface area contributed by atoms with E-state index < -0.39 is 0 Å². The highest BCUT2D eigenvalue weighted by Crippen LogP contribution is 2.38. The monoisotopic (exact) mass is 423 g/mol. The highest BCUT2D eigenvalue weighted by atomic mass is 35.5. The Morgan fingerprint density at radius 1 is 1.13 bits per heavy atom. The predicted molar refractivity (Wildman–Crippen MR) is 114 cm³/mol. The van der Waals surface area contributed by atoms with E-state index in [0.29, 0.717) is 48.4 Å². The van der Waals surface area contributed by atoms with E-state index in [0.717, 1.165) is 41.8 Å². The first-order chi connectivity index (χ1) is 14.7. The van der Waals surface area contributed by atoms with Crippen molar-refractivity contribution in [2.75, 3.05) is 19.8 Å². The molecule has 2 heterocycles. The van der Waals surface area contributed by atoms with Crippen molar-refractivity contribution in [3.63, 3.8) is 0 Å². The number of hydrogen-bond donors (Lipinski definition) is 1. The topological polar surface area (TPSA) is 65.4 Å². The third kappa shape index (κ3) is 3.52. The van der Waals surface area contributed by atoms with Crippen molar-refractivity contribution in [3.8, 4) is 17.2 Å². The SMILES string of the molecule is O=C(NCCc1cc(Cl)c2c(c1)OCCO2)c1nn(-c2ccccc2)c2c1CCC2. The van der Waals surface area contributed by atoms with Gasteiger partial charge >= 0.3 is 0 Å². The van der Waals surface area contributed by atoms with Crippen LogP contribution < -0.4 is 14.8 Å². The van der Waals surface area contributed by atoms with Gasteiger partial charge in [0.25, 0.3) is 5.91 Å². The Kier molecular flexibility index (Phi) is 5.09. The van der Waals surface area contributed by atoms with Crippen LogP contribution in [0.1, 0.15) is 33.7 Å². The van der Waals surface area contributed by atoms with Crippen LogP contribution in [0.15, 0.2) is 42.5 Å². The van der Waals surface area contributed by atoms with Crippen molar-refractivity contribution in [2.45, 2.75) is 25.7 Å². The summed E-state index contributed by atoms with van der Waals surface area (Å²) in [6.07, 6.45) is 3.53. The van der Waals surface area contributed by atoms with Crippen molar-refractivity contribution in [1.29, 1.82) is 0 Å². The van der Waals surface area contributed by atoms with Crippen LogP contribution in [0.25, 0.3) is 5.69 Å². The number of para-hydroxylation sites is 1. The van der Waals surface area contributed by atoms with Gasteiger partial charge in [0.1, 0.15) is 13.2 Å². The van der Waals surface area contributed by atoms with Gasteiger partial charge in [-0.15, -0.1) is 0 Å². The Labute approximate surface area is 179 Å². The zero-order chi connectivity index (χ0) is 20.5. The lowest BCUT2D eigenvalue weighted by atomic mass is 10.1. The smallest absolute Gasteiger partial charge is 0.272 e. The number of nitrogens with one attached hydrogen (secondary N) is 1. The normalized spacial score (nSPS) is 14.4. The maximum Gasteiger partial charge on any atom is 0.272 e. The highest BCUT2D eigenvalue weighted by Gasteiger charge is 2.26. The van der Waals surface area contributed by atoms with Gasteiger partial charge < -0.3 is 14.8 Å². The minimum absolute atomic E-state index is 0.133. The summed E-state index contributed by atoms with van der Waals surface area (Å²) in [7, 11) is 0. The van der Waals surface area contributed by atoms with Crippen LogP contribution in [0, 0.1) is 0 Å². The van der Waals surface area contributed by atoms with Gasteiger partial charge in [0.2, 0.25) is 0 Å². The predicted octanol–water partition coefficient (Wildman–Crippen LogP) is 3.76. The molecule has 2 aromatic carbocycles. The Morgan fingerprint density at radius 3 is 2.83 bits per heavy atom. The molecule has 6 nitrogen and oxygen atoms in total. The van der Waals surface area contributed by atoms with Crippen molar-refractivity contribution < 1.29 is 14.3 Å². The molecule has 2 aliphatic rings. The Morgan fingerprint density at radius 2 is 1.97 bits per heavy atom. The van der Waals surface area contributed by atoms with Gasteiger partial charge in [-0.3, -0.25) is 4.79 Å². The zero-order valence-corrected chi connectivity index (χ0v) is 17.2. The molecule has 0 unspecified atom stereocenters. The van der Waals surface area contributed by atoms with Gasteiger partial charge in [-0.2, -0.15) is 5.10 Å². The number of benzene rings is 2. The van der Waals surface area contributed by atoms with Gasteiger partial charge in [0.15, 0.2) is 17.2 Å². The number of nitrogens with zero attached hydrogens (tertiary/aromatic N) is 2. The number of carbonyl (C=O) groups excluding carboxylic acids is 1. The summed E-state index contributed by atoms with van der Waals surface area (Å²) >= 11 is 6.30. The number of ether oxygens (including phenoxy) is 2. The number of aromatic nitrogens is 2. The number of hydrogen-bond acceptors (Lipinski definition) is 4. The summed E-state index contributed by atoms with van der Waals surface area (Å²) in [5, 5.41) is 8.19. The first kappa shape index (κ1) is 19.0. The summed E-state index contributed by atoms with van der Waals surface area (Å²) in [6, 6.07) is 13.8. The fraction of sp³-hybridized carbons (Fsp3) is 0.304. The second-order valence-electron chi connectivity index (χ2n) is 7.48. The van der Waals surface area contributed by atoms with Crippen LogP contribution in [0.2, 0.25) is 5.02 Å². The summed E-state index contributed by atoms with van der Waals surface area (Å²) in [6.45, 7) is 1.50. The molecule has 7 heteroatoms. The average Bonchev–Trinajstić information content (AvgIpc) is 3.37. The molecule has 0 fully saturated rings. The van der Waals surface area contributed by atoms with Crippen molar-refractivity contribution in [3.05, 3.63) is 70.0 Å². The third-order valence-electron chi connectivity index (χ3n) is 5.50. The third-order valence-corrected chi connectivity index (χ3v) is 5.78. The first-order valence-electron chi connectivity index (χ1n) is 10.2. The molecule has 1 amide bonds. The molecular formula is C23H22ClN3O3. The minimum atomic E-state index is -0.133. The number of carbonyl (C=O) groups is 1. The largest absolute Gasteiger partial charge is 0.486 e. The lowest BCUT2D eigenvalue weighted by Gasteiger charge is -2.20. The maximum absolute atomic E-state index is 12.9. The maximum atomic E-state index is 12.9. The van der Waals surface area contributed by atoms with E-state index in [9.17, 15) is 4.79 Å². The van der Waals surface area contributed by atoms with E-state index in [1.807, 2.05) is 47.1 Å². The zero-order valence-electron chi connectivity index (χ0n) is 16.5. The van der Waals surface area contributed by atoms with Crippen molar-refractivity contribution >= 4 is 17.5 Å². The second kappa shape index (κ2) is 8.03. The Balaban J connectivity index is 1.29. The molecule has 5 rings (SSSR count). The summed E-state index contributed by atoms with van der Waals surface area (Å²) in [4.78, 5) is 12.9. The van der Waals surface area contributed by atoms with Crippen LogP contribution in [-0.4, -0.2) is 35.4 Å². The lowest BCUT2D eigenvalue weighted by molar-refractivity contribution is 0.0948. The fourth-order valence-corrected chi connectivity index (χ4v) is 4.40. The molecule has 1 aromatic heterocycles. The van der Waals surface area contributed by atoms with Crippen LogP contribution >= 0.6 is 11.6 Å². The van der Waals surface area contributed by atoms with Crippen LogP contribution in [-0.2, 0) is 19.3 Å². The summed E-state index contributed by atoms with van der Waals surface area (Å²) in [5.74, 6) is 1.12. The molecule has 1 N–H and O–H groups in total. The van der Waals surface area contributed by atoms with E-state index in [1.165, 1.54) is 0 Å². The number of rotatable bonds is 5. The number of fused-ring (bicyclic) bond motifs is 2. The molecule has 1 aliphatic carbocycles. The van der Waals surface area contributed by atoms with E-state index in [4.69, 9.17) is 21.1 Å². The second-order valence-corrected chi connectivity index (χ2v) is 7.89. The van der Waals surface area contributed by atoms with Crippen molar-refractivity contribution in [1.82, 2.24) is 15.1 Å². The Bertz CT molecular complexity index is 1090. The molecule has 0 saturated heterocycles. The van der Waals surface area contributed by atoms with Crippen LogP contribution in [0.3, 0.4) is 0 Å². The van der Waals surface area contributed by atoms with Crippen LogP contribution in [0.4, 0.5) is 0 Å². The van der Waals surface area contributed by atoms with Crippen molar-refractivity contribution in [2.24, 2.45) is 0 Å². The van der Waals surface area contributed by atoms with Gasteiger partial charge in [0.05, 0.1) is 10.7 Å². The molecule has 0 radical (unpaired) electrons. The summed E-state index contributed by atoms with van der Waals surface area (Å²) < 4.78 is 13.1. The van der Waals surface area contributed by atoms with Gasteiger partial charge in [0, 0.05) is 17.8 Å². The van der Waals surface area contributed by atoms with Gasteiger partial charge in [-0.1, -0.05) is 29.8 Å². The van der Waals surface area contributed by atoms with E-state index in [2.05, 4.69) is 10.4 Å². The number of amides is 1. The average molecular weight is 424 g/mol. The standard InChI is InChI=1S/C23H22ClN3O3/c24-18-13-15(14-20-22(18)30-12-11-29-20)9-10-25-23(28)21-17-7-4-8-19(17)27(26-21)16-5-2-1-3-6-16/h1-3,5-6,13-14H,4,7-12H2,(H,25,28). The molecule has 0 atom stereocenters. The quantitative estimate of drug-likeness (QED) is 0.678. The van der Waals surface area contributed by atoms with E-state index >= 15 is 0 Å². The molecule has 0 bridgehead atoms. The van der Waals surface area contributed by atoms with E-state index in [1.54, 1.807) is 0 Å². The number of halogens is 1. The molecule has 30 heavy (non-hydrogen) atoms. The molecule has 154 valence electrons. The fourth-order valence-electron chi connectivity index (χ4n) is 4.12. The summed E-state index contributed by atoms with van der Waals surface area (Å²) in [5.41, 5.74) is 4.72. The molecular weight excluding hydrogens is 402 g/mol. The molecule has 3 aromatic rings. The minimum Gasteiger partial charge on any atom is -0.486 e. The van der Waals surface area contributed by atoms with Crippen LogP contribution in [0.5, 0.6) is 11.5 Å². The molecule has 1 aliphatic heterocycles. The Hall–Kier alpha value is -2.99. The molecule has 0 spiro atoms. The lowest BCUT2D eigenvalue weighted by Crippen LogP contribution is -2.27. The first-order valence-corrected chi connectivity index (χ1v) is 10.6. The van der Waals surface area contributed by atoms with Gasteiger partial charge in [-0.25, -0.2) is 4.68 Å². The van der Waals surface area contributed by atoms with E-state index in [-0.39, 0.29) is 5.91 Å². The highest BCUT2D eigenvalue weighted by molar-refractivity contribution is 6.32. The van der Waals surface area contributed by atoms with Gasteiger partial charge in [-0.05, 0) is 55.5 Å². The molecule has 0 saturated carbocycles.